The number of ether oxygens (including phenoxy) is 4. The predicted molar refractivity (Wildman–Crippen MR) is 59.5 cm³/mol. The Morgan fingerprint density at radius 1 is 1.06 bits per heavy atom. The third kappa shape index (κ3) is 4.69. The molecule has 7 heteroatoms. The first kappa shape index (κ1) is 13.8. The van der Waals surface area contributed by atoms with Gasteiger partial charge in [-0.05, 0) is 19.9 Å². The van der Waals surface area contributed by atoms with E-state index in [0.29, 0.717) is 0 Å². The van der Waals surface area contributed by atoms with Gasteiger partial charge < -0.3 is 18.9 Å². The topological polar surface area (TPSA) is 84.0 Å². The molecule has 0 aliphatic carbocycles. The maximum atomic E-state index is 11.0. The summed E-state index contributed by atoms with van der Waals surface area (Å²) in [7, 11) is 0. The van der Waals surface area contributed by atoms with E-state index in [9.17, 15) is 9.59 Å². The summed E-state index contributed by atoms with van der Waals surface area (Å²) in [4.78, 5) is 25.7. The lowest BCUT2D eigenvalue weighted by Gasteiger charge is -2.05. The van der Waals surface area contributed by atoms with E-state index in [1.807, 2.05) is 0 Å². The Morgan fingerprint density at radius 2 is 1.67 bits per heavy atom. The van der Waals surface area contributed by atoms with Crippen LogP contribution >= 0.6 is 0 Å². The van der Waals surface area contributed by atoms with E-state index in [0.717, 1.165) is 0 Å². The van der Waals surface area contributed by atoms with Crippen molar-refractivity contribution in [3.63, 3.8) is 0 Å². The SMILES string of the molecule is CCOC(=O)Oc1ccc(OC(=O)OCC)nc1. The molecule has 0 bridgehead atoms. The van der Waals surface area contributed by atoms with Gasteiger partial charge in [0, 0.05) is 6.07 Å². The summed E-state index contributed by atoms with van der Waals surface area (Å²) in [5.74, 6) is 0.231. The number of hydrogen-bond donors (Lipinski definition) is 0. The summed E-state index contributed by atoms with van der Waals surface area (Å²) in [5.41, 5.74) is 0. The fraction of sp³-hybridized carbons (Fsp3) is 0.364. The van der Waals surface area contributed by atoms with Crippen molar-refractivity contribution in [3.8, 4) is 11.6 Å². The van der Waals surface area contributed by atoms with E-state index in [-0.39, 0.29) is 24.8 Å². The van der Waals surface area contributed by atoms with Crippen LogP contribution in [0.15, 0.2) is 18.3 Å². The highest BCUT2D eigenvalue weighted by atomic mass is 16.7. The van der Waals surface area contributed by atoms with Crippen molar-refractivity contribution >= 4 is 12.3 Å². The normalized spacial score (nSPS) is 9.44. The molecule has 7 nitrogen and oxygen atoms in total. The molecular weight excluding hydrogens is 242 g/mol. The molecule has 0 aromatic carbocycles. The van der Waals surface area contributed by atoms with Gasteiger partial charge in [-0.25, -0.2) is 14.6 Å². The second-order valence-electron chi connectivity index (χ2n) is 2.90. The smallest absolute Gasteiger partial charge is 0.434 e. The summed E-state index contributed by atoms with van der Waals surface area (Å²) in [5, 5.41) is 0. The fourth-order valence-electron chi connectivity index (χ4n) is 0.964. The first-order chi connectivity index (χ1) is 8.65. The van der Waals surface area contributed by atoms with Gasteiger partial charge in [-0.1, -0.05) is 0 Å². The molecule has 1 heterocycles. The lowest BCUT2D eigenvalue weighted by molar-refractivity contribution is 0.100. The quantitative estimate of drug-likeness (QED) is 0.762. The Hall–Kier alpha value is -2.31. The lowest BCUT2D eigenvalue weighted by atomic mass is 10.4. The number of rotatable bonds is 4. The van der Waals surface area contributed by atoms with E-state index in [1.165, 1.54) is 18.3 Å². The van der Waals surface area contributed by atoms with Crippen LogP contribution in [0.2, 0.25) is 0 Å². The first-order valence-electron chi connectivity index (χ1n) is 5.31. The van der Waals surface area contributed by atoms with Gasteiger partial charge in [0.25, 0.3) is 0 Å². The Morgan fingerprint density at radius 3 is 2.17 bits per heavy atom. The van der Waals surface area contributed by atoms with Crippen LogP contribution in [-0.4, -0.2) is 30.5 Å². The Bertz CT molecular complexity index is 363. The molecule has 0 amide bonds. The molecule has 0 aliphatic heterocycles. The second-order valence-corrected chi connectivity index (χ2v) is 2.90. The van der Waals surface area contributed by atoms with Crippen molar-refractivity contribution in [2.75, 3.05) is 13.2 Å². The van der Waals surface area contributed by atoms with Crippen LogP contribution in [0.4, 0.5) is 9.59 Å². The van der Waals surface area contributed by atoms with Gasteiger partial charge in [0.15, 0.2) is 5.75 Å². The van der Waals surface area contributed by atoms with Crippen LogP contribution in [0, 0.1) is 0 Å². The Labute approximate surface area is 104 Å². The molecular formula is C11H13NO6. The molecule has 98 valence electrons. The molecule has 18 heavy (non-hydrogen) atoms. The van der Waals surface area contributed by atoms with Crippen LogP contribution in [0.1, 0.15) is 13.8 Å². The molecule has 0 atom stereocenters. The van der Waals surface area contributed by atoms with Gasteiger partial charge in [-0.3, -0.25) is 0 Å². The van der Waals surface area contributed by atoms with Crippen LogP contribution in [0.25, 0.3) is 0 Å². The summed E-state index contributed by atoms with van der Waals surface area (Å²) in [6, 6.07) is 2.78. The van der Waals surface area contributed by atoms with Crippen LogP contribution in [0.3, 0.4) is 0 Å². The maximum Gasteiger partial charge on any atom is 0.515 e. The van der Waals surface area contributed by atoms with Gasteiger partial charge in [-0.15, -0.1) is 0 Å². The van der Waals surface area contributed by atoms with Crippen LogP contribution in [0.5, 0.6) is 11.6 Å². The minimum atomic E-state index is -0.843. The zero-order valence-corrected chi connectivity index (χ0v) is 10.0. The molecule has 0 radical (unpaired) electrons. The minimum Gasteiger partial charge on any atom is -0.434 e. The number of pyridine rings is 1. The molecule has 0 aliphatic rings. The summed E-state index contributed by atoms with van der Waals surface area (Å²) in [6.07, 6.45) is -0.437. The van der Waals surface area contributed by atoms with Crippen LogP contribution < -0.4 is 9.47 Å². The van der Waals surface area contributed by atoms with E-state index in [4.69, 9.17) is 9.47 Å². The summed E-state index contributed by atoms with van der Waals surface area (Å²) in [6.45, 7) is 3.75. The van der Waals surface area contributed by atoms with Gasteiger partial charge in [0.05, 0.1) is 19.4 Å². The van der Waals surface area contributed by atoms with Crippen molar-refractivity contribution in [2.24, 2.45) is 0 Å². The monoisotopic (exact) mass is 255 g/mol. The average Bonchev–Trinajstić information content (AvgIpc) is 2.32. The standard InChI is InChI=1S/C11H13NO6/c1-3-15-10(13)17-8-5-6-9(12-7-8)18-11(14)16-4-2/h5-7H,3-4H2,1-2H3. The molecule has 0 unspecified atom stereocenters. The summed E-state index contributed by atoms with van der Waals surface area (Å²) >= 11 is 0. The van der Waals surface area contributed by atoms with Crippen LogP contribution in [-0.2, 0) is 9.47 Å². The third-order valence-corrected chi connectivity index (χ3v) is 1.62. The fourth-order valence-corrected chi connectivity index (χ4v) is 0.964. The maximum absolute atomic E-state index is 11.0. The molecule has 0 fully saturated rings. The molecule has 0 saturated heterocycles. The average molecular weight is 255 g/mol. The van der Waals surface area contributed by atoms with Crippen molar-refractivity contribution in [1.29, 1.82) is 0 Å². The molecule has 1 aromatic heterocycles. The second kappa shape index (κ2) is 7.10. The minimum absolute atomic E-state index is 0.0460. The summed E-state index contributed by atoms with van der Waals surface area (Å²) < 4.78 is 18.6. The van der Waals surface area contributed by atoms with Crippen molar-refractivity contribution in [2.45, 2.75) is 13.8 Å². The number of aromatic nitrogens is 1. The number of carbonyl (C=O) groups excluding carboxylic acids is 2. The van der Waals surface area contributed by atoms with Crippen molar-refractivity contribution in [3.05, 3.63) is 18.3 Å². The van der Waals surface area contributed by atoms with Gasteiger partial charge in [0.1, 0.15) is 0 Å². The van der Waals surface area contributed by atoms with E-state index in [1.54, 1.807) is 13.8 Å². The zero-order valence-electron chi connectivity index (χ0n) is 10.0. The third-order valence-electron chi connectivity index (χ3n) is 1.62. The molecule has 1 rings (SSSR count). The van der Waals surface area contributed by atoms with E-state index < -0.39 is 12.3 Å². The van der Waals surface area contributed by atoms with E-state index in [2.05, 4.69) is 14.5 Å². The highest BCUT2D eigenvalue weighted by molar-refractivity contribution is 5.64. The Kier molecular flexibility index (Phi) is 5.43. The highest BCUT2D eigenvalue weighted by Crippen LogP contribution is 2.14. The zero-order chi connectivity index (χ0) is 13.4. The number of nitrogens with zero attached hydrogens (tertiary/aromatic N) is 1. The number of carbonyl (C=O) groups is 2. The van der Waals surface area contributed by atoms with Gasteiger partial charge in [-0.2, -0.15) is 0 Å². The largest absolute Gasteiger partial charge is 0.515 e. The lowest BCUT2D eigenvalue weighted by Crippen LogP contribution is -2.12. The Balaban J connectivity index is 2.52. The van der Waals surface area contributed by atoms with Crippen molar-refractivity contribution < 1.29 is 28.5 Å². The highest BCUT2D eigenvalue weighted by Gasteiger charge is 2.08. The van der Waals surface area contributed by atoms with E-state index >= 15 is 0 Å². The van der Waals surface area contributed by atoms with Gasteiger partial charge >= 0.3 is 12.3 Å². The predicted octanol–water partition coefficient (Wildman–Crippen LogP) is 2.15. The number of hydrogen-bond acceptors (Lipinski definition) is 7. The first-order valence-corrected chi connectivity index (χ1v) is 5.31. The molecule has 0 N–H and O–H groups in total. The molecule has 0 saturated carbocycles. The molecule has 0 spiro atoms. The molecule has 1 aromatic rings. The van der Waals surface area contributed by atoms with Gasteiger partial charge in [0.2, 0.25) is 5.88 Å². The van der Waals surface area contributed by atoms with Crippen molar-refractivity contribution in [1.82, 2.24) is 4.98 Å².